The van der Waals surface area contributed by atoms with Crippen LogP contribution in [0.3, 0.4) is 0 Å². The number of hydrogen-bond donors (Lipinski definition) is 1. The minimum absolute atomic E-state index is 0.432. The van der Waals surface area contributed by atoms with E-state index in [-0.39, 0.29) is 0 Å². The van der Waals surface area contributed by atoms with Crippen LogP contribution < -0.4 is 9.47 Å². The molecule has 0 bridgehead atoms. The topological polar surface area (TPSA) is 81.0 Å². The lowest BCUT2D eigenvalue weighted by Gasteiger charge is -2.09. The van der Waals surface area contributed by atoms with Gasteiger partial charge in [0.25, 0.3) is 0 Å². The fourth-order valence-corrected chi connectivity index (χ4v) is 5.36. The molecule has 5 rings (SSSR count). The summed E-state index contributed by atoms with van der Waals surface area (Å²) in [5.74, 6) is 1.05. The minimum Gasteiger partial charge on any atom is -0.489 e. The standard InChI is InChI=1S/C25H18N2O4S2/c28-25(29)21-15-32-23(27-21)24-26-20-10-9-19(12-22(20)33-24)31-14-17-6-4-5-16(11-17)13-30-18-7-2-1-3-8-18/h2,4-12,21H,13-15H2,(H,28,29). The van der Waals surface area contributed by atoms with Crippen LogP contribution in [-0.4, -0.2) is 32.9 Å². The van der Waals surface area contributed by atoms with Gasteiger partial charge in [0, 0.05) is 11.8 Å². The van der Waals surface area contributed by atoms with Gasteiger partial charge in [0.15, 0.2) is 6.04 Å². The quantitative estimate of drug-likeness (QED) is 0.387. The predicted molar refractivity (Wildman–Crippen MR) is 129 cm³/mol. The van der Waals surface area contributed by atoms with Crippen LogP contribution >= 0.6 is 23.1 Å². The van der Waals surface area contributed by atoms with Gasteiger partial charge in [0.1, 0.15) is 34.8 Å². The number of hydrogen-bond acceptors (Lipinski definition) is 7. The molecule has 1 aliphatic heterocycles. The molecular weight excluding hydrogens is 456 g/mol. The Balaban J connectivity index is 1.23. The number of fused-ring (bicyclic) bond motifs is 1. The summed E-state index contributed by atoms with van der Waals surface area (Å²) in [6.45, 7) is 0.897. The van der Waals surface area contributed by atoms with Crippen molar-refractivity contribution in [1.29, 1.82) is 0 Å². The smallest absolute Gasteiger partial charge is 0.329 e. The lowest BCUT2D eigenvalue weighted by atomic mass is 10.1. The number of nitrogens with zero attached hydrogens (tertiary/aromatic N) is 2. The summed E-state index contributed by atoms with van der Waals surface area (Å²) in [6, 6.07) is 24.3. The number of carboxylic acid groups (broad SMARTS) is 1. The van der Waals surface area contributed by atoms with E-state index in [0.717, 1.165) is 37.9 Å². The van der Waals surface area contributed by atoms with Crippen molar-refractivity contribution in [3.63, 3.8) is 0 Å². The van der Waals surface area contributed by atoms with Gasteiger partial charge >= 0.3 is 5.97 Å². The van der Waals surface area contributed by atoms with Crippen LogP contribution in [0, 0.1) is 12.1 Å². The van der Waals surface area contributed by atoms with E-state index in [0.29, 0.717) is 24.0 Å². The third-order valence-electron chi connectivity index (χ3n) is 4.91. The molecule has 0 amide bonds. The van der Waals surface area contributed by atoms with Gasteiger partial charge in [-0.05, 0) is 47.5 Å². The third-order valence-corrected chi connectivity index (χ3v) is 7.12. The van der Waals surface area contributed by atoms with Gasteiger partial charge in [-0.2, -0.15) is 0 Å². The molecule has 1 aliphatic rings. The highest BCUT2D eigenvalue weighted by molar-refractivity contribution is 8.15. The van der Waals surface area contributed by atoms with E-state index in [1.807, 2.05) is 42.5 Å². The highest BCUT2D eigenvalue weighted by Crippen LogP contribution is 2.32. The van der Waals surface area contributed by atoms with Crippen LogP contribution in [0.15, 0.2) is 65.7 Å². The molecule has 3 aromatic carbocycles. The summed E-state index contributed by atoms with van der Waals surface area (Å²) in [4.78, 5) is 20.0. The molecule has 1 aromatic heterocycles. The van der Waals surface area contributed by atoms with Crippen molar-refractivity contribution in [2.24, 2.45) is 4.99 Å². The van der Waals surface area contributed by atoms with Crippen LogP contribution in [-0.2, 0) is 18.0 Å². The van der Waals surface area contributed by atoms with Crippen LogP contribution in [0.2, 0.25) is 0 Å². The summed E-state index contributed by atoms with van der Waals surface area (Å²) in [5, 5.41) is 10.6. The summed E-state index contributed by atoms with van der Waals surface area (Å²) < 4.78 is 12.8. The Morgan fingerprint density at radius 1 is 1.06 bits per heavy atom. The van der Waals surface area contributed by atoms with Gasteiger partial charge < -0.3 is 14.6 Å². The molecule has 164 valence electrons. The Kier molecular flexibility index (Phi) is 6.15. The maximum absolute atomic E-state index is 11.1. The highest BCUT2D eigenvalue weighted by atomic mass is 32.2. The van der Waals surface area contributed by atoms with E-state index in [4.69, 9.17) is 14.6 Å². The molecule has 33 heavy (non-hydrogen) atoms. The SMILES string of the molecule is O=C(O)C1CSC(c2nc3ccc(OCc4cccc(COc5cc#ccc5)c4)cc3s2)=N1. The third kappa shape index (κ3) is 5.11. The lowest BCUT2D eigenvalue weighted by molar-refractivity contribution is -0.137. The van der Waals surface area contributed by atoms with Crippen LogP contribution in [0.1, 0.15) is 16.1 Å². The largest absolute Gasteiger partial charge is 0.489 e. The number of carboxylic acids is 1. The average Bonchev–Trinajstić information content (AvgIpc) is 3.49. The molecule has 4 aromatic rings. The van der Waals surface area contributed by atoms with Crippen molar-refractivity contribution >= 4 is 44.3 Å². The summed E-state index contributed by atoms with van der Waals surface area (Å²) in [6.07, 6.45) is 0. The first-order chi connectivity index (χ1) is 16.1. The van der Waals surface area contributed by atoms with Crippen molar-refractivity contribution in [3.05, 3.63) is 88.9 Å². The highest BCUT2D eigenvalue weighted by Gasteiger charge is 2.26. The van der Waals surface area contributed by atoms with Crippen molar-refractivity contribution in [2.75, 3.05) is 5.75 Å². The zero-order valence-corrected chi connectivity index (χ0v) is 19.0. The average molecular weight is 475 g/mol. The predicted octanol–water partition coefficient (Wildman–Crippen LogP) is 5.00. The number of aliphatic imine (C=N–C) groups is 1. The monoisotopic (exact) mass is 474 g/mol. The number of carbonyl (C=O) groups is 1. The Bertz CT molecular complexity index is 1320. The van der Waals surface area contributed by atoms with E-state index in [1.54, 1.807) is 12.1 Å². The molecule has 1 unspecified atom stereocenters. The van der Waals surface area contributed by atoms with Gasteiger partial charge in [0.2, 0.25) is 0 Å². The summed E-state index contributed by atoms with van der Waals surface area (Å²) >= 11 is 2.93. The fraction of sp³-hybridized carbons (Fsp3) is 0.160. The number of rotatable bonds is 8. The maximum atomic E-state index is 11.1. The molecule has 1 N–H and O–H groups in total. The number of benzene rings is 2. The zero-order valence-electron chi connectivity index (χ0n) is 17.4. The number of thioether (sulfide) groups is 1. The van der Waals surface area contributed by atoms with Crippen LogP contribution in [0.4, 0.5) is 0 Å². The van der Waals surface area contributed by atoms with E-state index in [1.165, 1.54) is 23.1 Å². The van der Waals surface area contributed by atoms with Crippen LogP contribution in [0.25, 0.3) is 10.2 Å². The van der Waals surface area contributed by atoms with E-state index in [2.05, 4.69) is 28.2 Å². The zero-order chi connectivity index (χ0) is 22.6. The van der Waals surface area contributed by atoms with Crippen molar-refractivity contribution < 1.29 is 19.4 Å². The summed E-state index contributed by atoms with van der Waals surface area (Å²) in [7, 11) is 0. The molecule has 1 atom stereocenters. The van der Waals surface area contributed by atoms with Gasteiger partial charge in [-0.15, -0.1) is 23.1 Å². The minimum atomic E-state index is -0.901. The summed E-state index contributed by atoms with van der Waals surface area (Å²) in [5.41, 5.74) is 2.95. The number of thiazole rings is 1. The Labute approximate surface area is 198 Å². The second-order valence-electron chi connectivity index (χ2n) is 7.31. The molecular formula is C25H18N2O4S2. The fourth-order valence-electron chi connectivity index (χ4n) is 3.27. The van der Waals surface area contributed by atoms with E-state index >= 15 is 0 Å². The number of aliphatic carboxylic acids is 1. The Hall–Kier alpha value is -3.54. The van der Waals surface area contributed by atoms with Crippen LogP contribution in [0.5, 0.6) is 11.5 Å². The normalized spacial score (nSPS) is 15.2. The molecule has 0 fully saturated rings. The molecule has 0 radical (unpaired) electrons. The molecule has 0 aliphatic carbocycles. The first kappa shape index (κ1) is 21.3. The second-order valence-corrected chi connectivity index (χ2v) is 9.35. The molecule has 2 heterocycles. The van der Waals surface area contributed by atoms with Gasteiger partial charge in [0.05, 0.1) is 10.2 Å². The van der Waals surface area contributed by atoms with Crippen molar-refractivity contribution in [3.8, 4) is 11.5 Å². The Morgan fingerprint density at radius 3 is 2.61 bits per heavy atom. The number of aromatic nitrogens is 1. The maximum Gasteiger partial charge on any atom is 0.329 e. The van der Waals surface area contributed by atoms with Gasteiger partial charge in [-0.3, -0.25) is 4.99 Å². The number of ether oxygens (including phenoxy) is 2. The molecule has 0 saturated carbocycles. The molecule has 0 saturated heterocycles. The lowest BCUT2D eigenvalue weighted by Crippen LogP contribution is -2.17. The van der Waals surface area contributed by atoms with Gasteiger partial charge in [-0.25, -0.2) is 9.78 Å². The second kappa shape index (κ2) is 9.53. The van der Waals surface area contributed by atoms with Crippen molar-refractivity contribution in [1.82, 2.24) is 4.98 Å². The Morgan fingerprint density at radius 2 is 1.88 bits per heavy atom. The first-order valence-electron chi connectivity index (χ1n) is 10.2. The molecule has 0 spiro atoms. The van der Waals surface area contributed by atoms with Gasteiger partial charge in [-0.1, -0.05) is 30.3 Å². The first-order valence-corrected chi connectivity index (χ1v) is 12.0. The van der Waals surface area contributed by atoms with Crippen molar-refractivity contribution in [2.45, 2.75) is 19.3 Å². The van der Waals surface area contributed by atoms with E-state index < -0.39 is 12.0 Å². The molecule has 8 heteroatoms. The van der Waals surface area contributed by atoms with E-state index in [9.17, 15) is 4.79 Å². The molecule has 6 nitrogen and oxygen atoms in total.